The van der Waals surface area contributed by atoms with Gasteiger partial charge in [-0.05, 0) is 18.9 Å². The van der Waals surface area contributed by atoms with Gasteiger partial charge in [0.2, 0.25) is 5.91 Å². The summed E-state index contributed by atoms with van der Waals surface area (Å²) in [6.45, 7) is 0.130. The average Bonchev–Trinajstić information content (AvgIpc) is 2.65. The molecular weight excluding hydrogens is 334 g/mol. The van der Waals surface area contributed by atoms with Crippen LogP contribution in [0.25, 0.3) is 10.8 Å². The predicted molar refractivity (Wildman–Crippen MR) is 96.9 cm³/mol. The van der Waals surface area contributed by atoms with E-state index in [9.17, 15) is 19.5 Å². The van der Waals surface area contributed by atoms with Gasteiger partial charge in [-0.25, -0.2) is 4.68 Å². The fourth-order valence-corrected chi connectivity index (χ4v) is 3.68. The van der Waals surface area contributed by atoms with E-state index in [1.54, 1.807) is 31.3 Å². The third-order valence-electron chi connectivity index (χ3n) is 5.25. The Morgan fingerprint density at radius 1 is 1.19 bits per heavy atom. The molecule has 3 rings (SSSR count). The van der Waals surface area contributed by atoms with Crippen molar-refractivity contribution in [2.45, 2.75) is 38.5 Å². The standard InChI is InChI=1S/C19H23N3O4/c1-22-17(24)14-8-4-3-7-13(14)15(21-22)11-16(23)20-12-19(18(25)26)9-5-2-6-10-19/h3-4,7-8H,2,5-6,9-12H2,1H3,(H,20,23)(H,25,26). The summed E-state index contributed by atoms with van der Waals surface area (Å²) in [5.41, 5.74) is -0.572. The Labute approximate surface area is 151 Å². The van der Waals surface area contributed by atoms with Crippen molar-refractivity contribution in [3.8, 4) is 0 Å². The van der Waals surface area contributed by atoms with Crippen LogP contribution in [0.4, 0.5) is 0 Å². The second-order valence-corrected chi connectivity index (χ2v) is 7.02. The number of carbonyl (C=O) groups excluding carboxylic acids is 1. The third-order valence-corrected chi connectivity index (χ3v) is 5.25. The first-order valence-electron chi connectivity index (χ1n) is 8.88. The van der Waals surface area contributed by atoms with E-state index >= 15 is 0 Å². The molecule has 0 saturated heterocycles. The summed E-state index contributed by atoms with van der Waals surface area (Å²) in [5, 5.41) is 17.8. The molecule has 1 aromatic heterocycles. The Kier molecular flexibility index (Phi) is 5.06. The van der Waals surface area contributed by atoms with Crippen LogP contribution in [-0.2, 0) is 23.1 Å². The molecule has 2 N–H and O–H groups in total. The molecule has 0 unspecified atom stereocenters. The molecule has 1 saturated carbocycles. The largest absolute Gasteiger partial charge is 0.481 e. The molecule has 138 valence electrons. The highest BCUT2D eigenvalue weighted by molar-refractivity contribution is 5.88. The lowest BCUT2D eigenvalue weighted by Crippen LogP contribution is -2.44. The van der Waals surface area contributed by atoms with Gasteiger partial charge in [-0.15, -0.1) is 0 Å². The van der Waals surface area contributed by atoms with Crippen molar-refractivity contribution in [3.05, 3.63) is 40.3 Å². The number of aliphatic carboxylic acids is 1. The zero-order valence-electron chi connectivity index (χ0n) is 14.8. The van der Waals surface area contributed by atoms with Gasteiger partial charge in [-0.2, -0.15) is 5.10 Å². The lowest BCUT2D eigenvalue weighted by Gasteiger charge is -2.33. The Hall–Kier alpha value is -2.70. The van der Waals surface area contributed by atoms with Crippen molar-refractivity contribution < 1.29 is 14.7 Å². The van der Waals surface area contributed by atoms with Gasteiger partial charge in [0.15, 0.2) is 0 Å². The van der Waals surface area contributed by atoms with Crippen LogP contribution in [0.1, 0.15) is 37.8 Å². The minimum Gasteiger partial charge on any atom is -0.481 e. The van der Waals surface area contributed by atoms with E-state index in [1.807, 2.05) is 0 Å². The van der Waals surface area contributed by atoms with Gasteiger partial charge in [0, 0.05) is 19.0 Å². The number of nitrogens with zero attached hydrogens (tertiary/aromatic N) is 2. The quantitative estimate of drug-likeness (QED) is 0.847. The first-order chi connectivity index (χ1) is 12.4. The molecule has 0 radical (unpaired) electrons. The Balaban J connectivity index is 1.76. The van der Waals surface area contributed by atoms with Gasteiger partial charge in [0.05, 0.1) is 22.9 Å². The number of carboxylic acid groups (broad SMARTS) is 1. The van der Waals surface area contributed by atoms with Crippen molar-refractivity contribution in [2.24, 2.45) is 12.5 Å². The number of hydrogen-bond acceptors (Lipinski definition) is 4. The molecule has 0 spiro atoms. The Morgan fingerprint density at radius 2 is 1.85 bits per heavy atom. The van der Waals surface area contributed by atoms with Gasteiger partial charge in [0.25, 0.3) is 5.56 Å². The number of fused-ring (bicyclic) bond motifs is 1. The van der Waals surface area contributed by atoms with Crippen LogP contribution in [0.5, 0.6) is 0 Å². The summed E-state index contributed by atoms with van der Waals surface area (Å²) in [6.07, 6.45) is 3.96. The number of benzene rings is 1. The Morgan fingerprint density at radius 3 is 2.50 bits per heavy atom. The highest BCUT2D eigenvalue weighted by Gasteiger charge is 2.39. The number of nitrogens with one attached hydrogen (secondary N) is 1. The van der Waals surface area contributed by atoms with Crippen molar-refractivity contribution >= 4 is 22.6 Å². The SMILES string of the molecule is Cn1nc(CC(=O)NCC2(C(=O)O)CCCCC2)c2ccccc2c1=O. The second kappa shape index (κ2) is 7.27. The predicted octanol–water partition coefficient (Wildman–Crippen LogP) is 1.63. The molecule has 0 atom stereocenters. The summed E-state index contributed by atoms with van der Waals surface area (Å²) in [5.74, 6) is -1.13. The summed E-state index contributed by atoms with van der Waals surface area (Å²) in [4.78, 5) is 36.3. The molecule has 1 aliphatic carbocycles. The second-order valence-electron chi connectivity index (χ2n) is 7.02. The number of aromatic nitrogens is 2. The van der Waals surface area contributed by atoms with E-state index in [-0.39, 0.29) is 24.4 Å². The van der Waals surface area contributed by atoms with E-state index in [1.165, 1.54) is 4.68 Å². The maximum absolute atomic E-state index is 12.4. The van der Waals surface area contributed by atoms with E-state index in [0.29, 0.717) is 29.3 Å². The maximum Gasteiger partial charge on any atom is 0.311 e. The molecular formula is C19H23N3O4. The lowest BCUT2D eigenvalue weighted by molar-refractivity contribution is -0.151. The first-order valence-corrected chi connectivity index (χ1v) is 8.88. The number of carboxylic acids is 1. The fraction of sp³-hybridized carbons (Fsp3) is 0.474. The molecule has 7 nitrogen and oxygen atoms in total. The maximum atomic E-state index is 12.4. The minimum absolute atomic E-state index is 0.00430. The molecule has 0 bridgehead atoms. The molecule has 1 fully saturated rings. The summed E-state index contributed by atoms with van der Waals surface area (Å²) in [7, 11) is 1.55. The van der Waals surface area contributed by atoms with Crippen LogP contribution in [0.3, 0.4) is 0 Å². The molecule has 7 heteroatoms. The zero-order chi connectivity index (χ0) is 18.7. The van der Waals surface area contributed by atoms with E-state index < -0.39 is 11.4 Å². The van der Waals surface area contributed by atoms with Gasteiger partial charge < -0.3 is 10.4 Å². The smallest absolute Gasteiger partial charge is 0.311 e. The van der Waals surface area contributed by atoms with Crippen LogP contribution in [-0.4, -0.2) is 33.3 Å². The van der Waals surface area contributed by atoms with Crippen LogP contribution < -0.4 is 10.9 Å². The minimum atomic E-state index is -0.868. The van der Waals surface area contributed by atoms with Crippen LogP contribution in [0, 0.1) is 5.41 Å². The van der Waals surface area contributed by atoms with Gasteiger partial charge >= 0.3 is 5.97 Å². The Bertz CT molecular complexity index is 897. The summed E-state index contributed by atoms with van der Waals surface area (Å²) in [6, 6.07) is 7.05. The van der Waals surface area contributed by atoms with E-state index in [4.69, 9.17) is 0 Å². The number of carbonyl (C=O) groups is 2. The molecule has 1 heterocycles. The molecule has 0 aliphatic heterocycles. The fourth-order valence-electron chi connectivity index (χ4n) is 3.68. The van der Waals surface area contributed by atoms with Gasteiger partial charge in [-0.1, -0.05) is 37.5 Å². The third kappa shape index (κ3) is 3.47. The normalized spacial score (nSPS) is 16.3. The number of amides is 1. The molecule has 2 aromatic rings. The van der Waals surface area contributed by atoms with Crippen molar-refractivity contribution in [1.82, 2.24) is 15.1 Å². The highest BCUT2D eigenvalue weighted by Crippen LogP contribution is 2.36. The van der Waals surface area contributed by atoms with Gasteiger partial charge in [-0.3, -0.25) is 14.4 Å². The molecule has 1 aromatic carbocycles. The van der Waals surface area contributed by atoms with Crippen molar-refractivity contribution in [2.75, 3.05) is 6.54 Å². The zero-order valence-corrected chi connectivity index (χ0v) is 14.8. The van der Waals surface area contributed by atoms with Crippen LogP contribution >= 0.6 is 0 Å². The molecule has 26 heavy (non-hydrogen) atoms. The van der Waals surface area contributed by atoms with E-state index in [2.05, 4.69) is 10.4 Å². The lowest BCUT2D eigenvalue weighted by atomic mass is 9.74. The summed E-state index contributed by atoms with van der Waals surface area (Å²) < 4.78 is 1.23. The number of rotatable bonds is 5. The number of hydrogen-bond donors (Lipinski definition) is 2. The molecule has 1 aliphatic rings. The van der Waals surface area contributed by atoms with Crippen LogP contribution in [0.2, 0.25) is 0 Å². The van der Waals surface area contributed by atoms with Crippen LogP contribution in [0.15, 0.2) is 29.1 Å². The average molecular weight is 357 g/mol. The van der Waals surface area contributed by atoms with Crippen molar-refractivity contribution in [1.29, 1.82) is 0 Å². The summed E-state index contributed by atoms with van der Waals surface area (Å²) >= 11 is 0. The monoisotopic (exact) mass is 357 g/mol. The van der Waals surface area contributed by atoms with Gasteiger partial charge in [0.1, 0.15) is 0 Å². The topological polar surface area (TPSA) is 101 Å². The highest BCUT2D eigenvalue weighted by atomic mass is 16.4. The van der Waals surface area contributed by atoms with Crippen molar-refractivity contribution in [3.63, 3.8) is 0 Å². The van der Waals surface area contributed by atoms with E-state index in [0.717, 1.165) is 19.3 Å². The first kappa shape index (κ1) is 18.1. The molecule has 1 amide bonds. The number of aryl methyl sites for hydroxylation is 1.